The lowest BCUT2D eigenvalue weighted by Crippen LogP contribution is -2.20. The number of ether oxygens (including phenoxy) is 2. The third-order valence-corrected chi connectivity index (χ3v) is 5.89. The number of nitrogens with zero attached hydrogens (tertiary/aromatic N) is 4. The molecule has 1 heterocycles. The van der Waals surface area contributed by atoms with Crippen LogP contribution in [-0.2, 0) is 4.79 Å². The minimum absolute atomic E-state index is 0.0339. The zero-order valence-corrected chi connectivity index (χ0v) is 21.1. The summed E-state index contributed by atoms with van der Waals surface area (Å²) in [6.45, 7) is 3.90. The lowest BCUT2D eigenvalue weighted by molar-refractivity contribution is -0.118. The third kappa shape index (κ3) is 6.31. The number of methoxy groups -OCH3 is 1. The second-order valence-corrected chi connectivity index (χ2v) is 8.94. The molecule has 184 valence electrons. The molecule has 0 radical (unpaired) electrons. The molecule has 1 amide bonds. The quantitative estimate of drug-likeness (QED) is 0.187. The van der Waals surface area contributed by atoms with Gasteiger partial charge >= 0.3 is 0 Å². The maximum absolute atomic E-state index is 12.5. The first-order valence-electron chi connectivity index (χ1n) is 11.4. The first-order chi connectivity index (χ1) is 17.5. The Labute approximate surface area is 214 Å². The fourth-order valence-electron chi connectivity index (χ4n) is 3.40. The van der Waals surface area contributed by atoms with E-state index in [4.69, 9.17) is 9.47 Å². The smallest absolute Gasteiger partial charge is 0.250 e. The van der Waals surface area contributed by atoms with E-state index in [-0.39, 0.29) is 17.8 Å². The molecule has 0 saturated heterocycles. The van der Waals surface area contributed by atoms with Crippen molar-refractivity contribution >= 4 is 23.9 Å². The largest absolute Gasteiger partial charge is 0.493 e. The van der Waals surface area contributed by atoms with E-state index in [1.165, 1.54) is 11.8 Å². The SMILES string of the molecule is COc1cc(/C=N/NC(=O)CSc2nnc(-c3ccccc3)n2-c2ccccc2)ccc1OC(C)C. The summed E-state index contributed by atoms with van der Waals surface area (Å²) in [5.41, 5.74) is 5.19. The van der Waals surface area contributed by atoms with Gasteiger partial charge in [0.25, 0.3) is 5.91 Å². The minimum Gasteiger partial charge on any atom is -0.493 e. The van der Waals surface area contributed by atoms with E-state index >= 15 is 0 Å². The van der Waals surface area contributed by atoms with Crippen molar-refractivity contribution in [3.8, 4) is 28.6 Å². The number of nitrogens with one attached hydrogen (secondary N) is 1. The molecule has 0 aliphatic rings. The molecule has 8 nitrogen and oxygen atoms in total. The number of benzene rings is 3. The number of amides is 1. The molecular weight excluding hydrogens is 474 g/mol. The van der Waals surface area contributed by atoms with Crippen LogP contribution in [0.25, 0.3) is 17.1 Å². The van der Waals surface area contributed by atoms with Crippen molar-refractivity contribution in [2.45, 2.75) is 25.1 Å². The number of rotatable bonds is 10. The second kappa shape index (κ2) is 12.0. The van der Waals surface area contributed by atoms with Crippen molar-refractivity contribution in [3.63, 3.8) is 0 Å². The summed E-state index contributed by atoms with van der Waals surface area (Å²) >= 11 is 1.29. The molecule has 9 heteroatoms. The molecule has 0 spiro atoms. The first-order valence-corrected chi connectivity index (χ1v) is 12.4. The van der Waals surface area contributed by atoms with Crippen LogP contribution in [0.15, 0.2) is 89.1 Å². The second-order valence-electron chi connectivity index (χ2n) is 8.00. The number of aromatic nitrogens is 3. The number of carbonyl (C=O) groups excluding carboxylic acids is 1. The molecule has 0 unspecified atom stereocenters. The number of hydrogen-bond donors (Lipinski definition) is 1. The molecule has 1 aromatic heterocycles. The van der Waals surface area contributed by atoms with Crippen molar-refractivity contribution in [3.05, 3.63) is 84.4 Å². The van der Waals surface area contributed by atoms with Gasteiger partial charge in [-0.2, -0.15) is 5.10 Å². The maximum Gasteiger partial charge on any atom is 0.250 e. The van der Waals surface area contributed by atoms with Crippen LogP contribution in [-0.4, -0.2) is 45.9 Å². The molecule has 3 aromatic carbocycles. The summed E-state index contributed by atoms with van der Waals surface area (Å²) in [5, 5.41) is 13.4. The molecule has 0 aliphatic heterocycles. The number of carbonyl (C=O) groups is 1. The topological polar surface area (TPSA) is 90.6 Å². The van der Waals surface area contributed by atoms with Crippen LogP contribution in [0.5, 0.6) is 11.5 Å². The summed E-state index contributed by atoms with van der Waals surface area (Å²) < 4.78 is 13.1. The van der Waals surface area contributed by atoms with Crippen LogP contribution < -0.4 is 14.9 Å². The summed E-state index contributed by atoms with van der Waals surface area (Å²) in [6.07, 6.45) is 1.59. The lowest BCUT2D eigenvalue weighted by atomic mass is 10.2. The third-order valence-electron chi connectivity index (χ3n) is 4.97. The molecule has 0 bridgehead atoms. The molecule has 0 saturated carbocycles. The maximum atomic E-state index is 12.5. The van der Waals surface area contributed by atoms with Gasteiger partial charge in [-0.25, -0.2) is 5.43 Å². The Hall–Kier alpha value is -4.11. The number of hydrogen-bond acceptors (Lipinski definition) is 7. The fraction of sp³-hybridized carbons (Fsp3) is 0.185. The molecule has 0 atom stereocenters. The van der Waals surface area contributed by atoms with Crippen molar-refractivity contribution < 1.29 is 14.3 Å². The predicted octanol–water partition coefficient (Wildman–Crippen LogP) is 4.97. The summed E-state index contributed by atoms with van der Waals surface area (Å²) in [6, 6.07) is 25.1. The molecule has 4 rings (SSSR count). The normalized spacial score (nSPS) is 11.1. The zero-order valence-electron chi connectivity index (χ0n) is 20.3. The first kappa shape index (κ1) is 25.0. The van der Waals surface area contributed by atoms with Gasteiger partial charge in [0.2, 0.25) is 0 Å². The van der Waals surface area contributed by atoms with Crippen LogP contribution in [0.2, 0.25) is 0 Å². The molecule has 1 N–H and O–H groups in total. The average Bonchev–Trinajstić information content (AvgIpc) is 3.33. The Morgan fingerprint density at radius 3 is 2.44 bits per heavy atom. The van der Waals surface area contributed by atoms with Crippen LogP contribution in [0.3, 0.4) is 0 Å². The highest BCUT2D eigenvalue weighted by Gasteiger charge is 2.17. The van der Waals surface area contributed by atoms with E-state index in [1.54, 1.807) is 19.4 Å². The van der Waals surface area contributed by atoms with E-state index in [0.717, 1.165) is 16.8 Å². The van der Waals surface area contributed by atoms with Gasteiger partial charge in [-0.05, 0) is 49.7 Å². The predicted molar refractivity (Wildman–Crippen MR) is 142 cm³/mol. The van der Waals surface area contributed by atoms with Crippen molar-refractivity contribution in [2.75, 3.05) is 12.9 Å². The molecule has 36 heavy (non-hydrogen) atoms. The van der Waals surface area contributed by atoms with Gasteiger partial charge in [0, 0.05) is 11.3 Å². The van der Waals surface area contributed by atoms with E-state index in [0.29, 0.717) is 22.5 Å². The van der Waals surface area contributed by atoms with Crippen LogP contribution in [0.4, 0.5) is 0 Å². The number of hydrazone groups is 1. The van der Waals surface area contributed by atoms with Crippen molar-refractivity contribution in [2.24, 2.45) is 5.10 Å². The Morgan fingerprint density at radius 2 is 1.75 bits per heavy atom. The highest BCUT2D eigenvalue weighted by molar-refractivity contribution is 7.99. The van der Waals surface area contributed by atoms with Crippen molar-refractivity contribution in [1.82, 2.24) is 20.2 Å². The highest BCUT2D eigenvalue weighted by atomic mass is 32.2. The van der Waals surface area contributed by atoms with E-state index < -0.39 is 0 Å². The molecular formula is C27H27N5O3S. The number of para-hydroxylation sites is 1. The summed E-state index contributed by atoms with van der Waals surface area (Å²) in [5.74, 6) is 1.83. The van der Waals surface area contributed by atoms with Gasteiger partial charge in [0.05, 0.1) is 25.2 Å². The summed E-state index contributed by atoms with van der Waals surface area (Å²) in [4.78, 5) is 12.5. The molecule has 4 aromatic rings. The fourth-order valence-corrected chi connectivity index (χ4v) is 4.15. The highest BCUT2D eigenvalue weighted by Crippen LogP contribution is 2.29. The van der Waals surface area contributed by atoms with Crippen LogP contribution in [0.1, 0.15) is 19.4 Å². The van der Waals surface area contributed by atoms with Crippen LogP contribution in [0, 0.1) is 0 Å². The standard InChI is InChI=1S/C27H27N5O3S/c1-19(2)35-23-15-14-20(16-24(23)34-3)17-28-29-25(33)18-36-27-31-30-26(21-10-6-4-7-11-21)32(27)22-12-8-5-9-13-22/h4-17,19H,18H2,1-3H3,(H,29,33)/b28-17+. The van der Waals surface area contributed by atoms with E-state index in [2.05, 4.69) is 20.7 Å². The summed E-state index contributed by atoms with van der Waals surface area (Å²) in [7, 11) is 1.58. The van der Waals surface area contributed by atoms with E-state index in [9.17, 15) is 4.79 Å². The van der Waals surface area contributed by atoms with Gasteiger partial charge in [-0.15, -0.1) is 10.2 Å². The van der Waals surface area contributed by atoms with Crippen LogP contribution >= 0.6 is 11.8 Å². The van der Waals surface area contributed by atoms with Gasteiger partial charge < -0.3 is 9.47 Å². The van der Waals surface area contributed by atoms with Gasteiger partial charge in [0.1, 0.15) is 0 Å². The monoisotopic (exact) mass is 501 g/mol. The number of thioether (sulfide) groups is 1. The zero-order chi connectivity index (χ0) is 25.3. The Bertz CT molecular complexity index is 1320. The minimum atomic E-state index is -0.258. The average molecular weight is 502 g/mol. The Morgan fingerprint density at radius 1 is 1.03 bits per heavy atom. The Kier molecular flexibility index (Phi) is 8.36. The lowest BCUT2D eigenvalue weighted by Gasteiger charge is -2.13. The molecule has 0 aliphatic carbocycles. The Balaban J connectivity index is 1.43. The van der Waals surface area contributed by atoms with Crippen molar-refractivity contribution in [1.29, 1.82) is 0 Å². The van der Waals surface area contributed by atoms with Gasteiger partial charge in [0.15, 0.2) is 22.5 Å². The van der Waals surface area contributed by atoms with Gasteiger partial charge in [-0.3, -0.25) is 9.36 Å². The molecule has 0 fully saturated rings. The van der Waals surface area contributed by atoms with E-state index in [1.807, 2.05) is 91.2 Å². The van der Waals surface area contributed by atoms with Gasteiger partial charge in [-0.1, -0.05) is 60.3 Å².